The fraction of sp³-hybridized carbons (Fsp3) is 0.500. The first-order valence-electron chi connectivity index (χ1n) is 4.50. The molecule has 0 fully saturated rings. The van der Waals surface area contributed by atoms with Crippen LogP contribution in [0.1, 0.15) is 0 Å². The Bertz CT molecular complexity index is 466. The summed E-state index contributed by atoms with van der Waals surface area (Å²) in [6.45, 7) is 0. The van der Waals surface area contributed by atoms with Crippen molar-refractivity contribution in [3.05, 3.63) is 11.1 Å². The molecule has 0 rings (SSSR count). The maximum atomic E-state index is 12.8. The molecule has 0 saturated carbocycles. The summed E-state index contributed by atoms with van der Waals surface area (Å²) in [4.78, 5) is 20.6. The van der Waals surface area contributed by atoms with Gasteiger partial charge in [0, 0.05) is 0 Å². The van der Waals surface area contributed by atoms with Crippen molar-refractivity contribution >= 4 is 11.9 Å². The van der Waals surface area contributed by atoms with Gasteiger partial charge in [-0.25, -0.2) is 9.59 Å². The van der Waals surface area contributed by atoms with Crippen molar-refractivity contribution in [1.82, 2.24) is 0 Å². The lowest BCUT2D eigenvalue weighted by Crippen LogP contribution is -2.48. The van der Waals surface area contributed by atoms with Gasteiger partial charge >= 0.3 is 36.1 Å². The van der Waals surface area contributed by atoms with Gasteiger partial charge in [0.1, 0.15) is 11.1 Å². The second-order valence-corrected chi connectivity index (χ2v) is 3.50. The number of hydrogen-bond donors (Lipinski definition) is 2. The van der Waals surface area contributed by atoms with Gasteiger partial charge in [0.05, 0.1) is 0 Å². The molecule has 0 bridgehead atoms. The third kappa shape index (κ3) is 3.24. The lowest BCUT2D eigenvalue weighted by molar-refractivity contribution is -0.275. The average molecular weight is 352 g/mol. The van der Waals surface area contributed by atoms with E-state index in [2.05, 4.69) is 0 Å². The summed E-state index contributed by atoms with van der Waals surface area (Å²) in [5, 5.41) is 16.2. The second-order valence-electron chi connectivity index (χ2n) is 3.50. The highest BCUT2D eigenvalue weighted by Crippen LogP contribution is 2.48. The molecule has 0 aliphatic heterocycles. The van der Waals surface area contributed by atoms with Crippen molar-refractivity contribution in [2.75, 3.05) is 0 Å². The van der Waals surface area contributed by atoms with Gasteiger partial charge in [-0.1, -0.05) is 0 Å². The highest BCUT2D eigenvalue weighted by Gasteiger charge is 2.70. The van der Waals surface area contributed by atoms with Crippen LogP contribution in [0.4, 0.5) is 43.9 Å². The average Bonchev–Trinajstić information content (AvgIpc) is 2.20. The molecule has 0 unspecified atom stereocenters. The van der Waals surface area contributed by atoms with Crippen molar-refractivity contribution in [2.24, 2.45) is 0 Å². The molecule has 0 aromatic heterocycles. The standard InChI is InChI=1S/C8H2F10O4/c9-5(10,7(13,14)15)1(3(19)20)2(4(21)22)6(11,12)8(16,17)18/h(H,19,20)(H,21,22). The van der Waals surface area contributed by atoms with Crippen LogP contribution in [-0.4, -0.2) is 46.3 Å². The minimum absolute atomic E-state index is 3.61. The van der Waals surface area contributed by atoms with Gasteiger partial charge in [0.25, 0.3) is 0 Å². The Balaban J connectivity index is 6.90. The molecule has 2 N–H and O–H groups in total. The Morgan fingerprint density at radius 3 is 0.818 bits per heavy atom. The normalized spacial score (nSPS) is 15.4. The summed E-state index contributed by atoms with van der Waals surface area (Å²) < 4.78 is 123. The summed E-state index contributed by atoms with van der Waals surface area (Å²) in [6.07, 6.45) is -13.9. The summed E-state index contributed by atoms with van der Waals surface area (Å²) in [5.41, 5.74) is -7.87. The summed E-state index contributed by atoms with van der Waals surface area (Å²) in [7, 11) is 0. The molecular formula is C8H2F10O4. The van der Waals surface area contributed by atoms with E-state index >= 15 is 0 Å². The molecule has 22 heavy (non-hydrogen) atoms. The first-order chi connectivity index (χ1) is 9.39. The fourth-order valence-corrected chi connectivity index (χ4v) is 1.08. The van der Waals surface area contributed by atoms with Crippen LogP contribution in [-0.2, 0) is 9.59 Å². The lowest BCUT2D eigenvalue weighted by Gasteiger charge is -2.26. The van der Waals surface area contributed by atoms with Crippen molar-refractivity contribution < 1.29 is 63.7 Å². The number of hydrogen-bond acceptors (Lipinski definition) is 2. The van der Waals surface area contributed by atoms with Crippen LogP contribution in [0.5, 0.6) is 0 Å². The van der Waals surface area contributed by atoms with E-state index in [1.807, 2.05) is 0 Å². The van der Waals surface area contributed by atoms with Crippen LogP contribution in [0.2, 0.25) is 0 Å². The first-order valence-corrected chi connectivity index (χ1v) is 4.50. The smallest absolute Gasteiger partial charge is 0.458 e. The molecular weight excluding hydrogens is 350 g/mol. The van der Waals surface area contributed by atoms with Gasteiger partial charge in [0.15, 0.2) is 0 Å². The zero-order chi connectivity index (χ0) is 18.3. The molecule has 0 atom stereocenters. The number of carboxylic acid groups (broad SMARTS) is 2. The molecule has 0 radical (unpaired) electrons. The largest absolute Gasteiger partial charge is 0.478 e. The zero-order valence-corrected chi connectivity index (χ0v) is 9.49. The van der Waals surface area contributed by atoms with E-state index in [1.54, 1.807) is 0 Å². The molecule has 0 spiro atoms. The molecule has 0 saturated heterocycles. The van der Waals surface area contributed by atoms with E-state index in [0.717, 1.165) is 0 Å². The van der Waals surface area contributed by atoms with E-state index in [-0.39, 0.29) is 0 Å². The molecule has 0 amide bonds. The van der Waals surface area contributed by atoms with E-state index in [0.29, 0.717) is 0 Å². The topological polar surface area (TPSA) is 74.6 Å². The van der Waals surface area contributed by atoms with E-state index in [4.69, 9.17) is 10.2 Å². The maximum absolute atomic E-state index is 12.8. The van der Waals surface area contributed by atoms with Gasteiger partial charge in [0.2, 0.25) is 0 Å². The quantitative estimate of drug-likeness (QED) is 0.603. The monoisotopic (exact) mass is 352 g/mol. The van der Waals surface area contributed by atoms with Gasteiger partial charge in [-0.3, -0.25) is 0 Å². The van der Waals surface area contributed by atoms with Crippen LogP contribution in [0.25, 0.3) is 0 Å². The van der Waals surface area contributed by atoms with E-state index in [1.165, 1.54) is 0 Å². The molecule has 0 aromatic carbocycles. The first kappa shape index (κ1) is 20.0. The maximum Gasteiger partial charge on any atom is 0.458 e. The van der Waals surface area contributed by atoms with Crippen molar-refractivity contribution in [2.45, 2.75) is 24.2 Å². The van der Waals surface area contributed by atoms with Crippen molar-refractivity contribution in [1.29, 1.82) is 0 Å². The second kappa shape index (κ2) is 5.31. The Morgan fingerprint density at radius 2 is 0.727 bits per heavy atom. The summed E-state index contributed by atoms with van der Waals surface area (Å²) in [6, 6.07) is 0. The van der Waals surface area contributed by atoms with Gasteiger partial charge < -0.3 is 10.2 Å². The molecule has 0 aromatic rings. The number of alkyl halides is 10. The summed E-state index contributed by atoms with van der Waals surface area (Å²) >= 11 is 0. The van der Waals surface area contributed by atoms with Gasteiger partial charge in [-0.05, 0) is 0 Å². The minimum atomic E-state index is -6.93. The number of rotatable bonds is 4. The highest BCUT2D eigenvalue weighted by atomic mass is 19.4. The van der Waals surface area contributed by atoms with Crippen LogP contribution >= 0.6 is 0 Å². The third-order valence-corrected chi connectivity index (χ3v) is 2.02. The molecule has 0 heterocycles. The minimum Gasteiger partial charge on any atom is -0.478 e. The van der Waals surface area contributed by atoms with Gasteiger partial charge in [-0.15, -0.1) is 0 Å². The van der Waals surface area contributed by atoms with Crippen LogP contribution in [0.15, 0.2) is 11.1 Å². The molecule has 14 heteroatoms. The Kier molecular flexibility index (Phi) is 4.83. The Hall–Kier alpha value is -2.02. The van der Waals surface area contributed by atoms with Crippen LogP contribution in [0.3, 0.4) is 0 Å². The van der Waals surface area contributed by atoms with Crippen molar-refractivity contribution in [3.8, 4) is 0 Å². The molecule has 0 aliphatic rings. The number of halogens is 10. The third-order valence-electron chi connectivity index (χ3n) is 2.02. The molecule has 4 nitrogen and oxygen atoms in total. The lowest BCUT2D eigenvalue weighted by atomic mass is 9.96. The van der Waals surface area contributed by atoms with Crippen LogP contribution in [0, 0.1) is 0 Å². The molecule has 128 valence electrons. The zero-order valence-electron chi connectivity index (χ0n) is 9.49. The number of carboxylic acids is 2. The predicted octanol–water partition coefficient (Wildman–Crippen LogP) is 2.85. The summed E-state index contributed by atoms with van der Waals surface area (Å²) in [5.74, 6) is -20.8. The number of carbonyl (C=O) groups is 2. The highest BCUT2D eigenvalue weighted by molar-refractivity contribution is 6.01. The molecule has 0 aliphatic carbocycles. The van der Waals surface area contributed by atoms with Gasteiger partial charge in [-0.2, -0.15) is 43.9 Å². The Labute approximate surface area is 112 Å². The van der Waals surface area contributed by atoms with E-state index in [9.17, 15) is 53.5 Å². The number of aliphatic carboxylic acids is 2. The van der Waals surface area contributed by atoms with Crippen molar-refractivity contribution in [3.63, 3.8) is 0 Å². The van der Waals surface area contributed by atoms with E-state index < -0.39 is 47.3 Å². The fourth-order valence-electron chi connectivity index (χ4n) is 1.08. The predicted molar refractivity (Wildman–Crippen MR) is 44.3 cm³/mol. The van der Waals surface area contributed by atoms with Crippen LogP contribution < -0.4 is 0 Å². The SMILES string of the molecule is O=C(O)C(=C(C(=O)O)C(F)(F)C(F)(F)F)C(F)(F)C(F)(F)F. The Morgan fingerprint density at radius 1 is 0.545 bits per heavy atom.